The third-order valence-corrected chi connectivity index (χ3v) is 12.0. The lowest BCUT2D eigenvalue weighted by Crippen LogP contribution is -2.24. The van der Waals surface area contributed by atoms with E-state index in [2.05, 4.69) is 180 Å². The highest BCUT2D eigenvalue weighted by Crippen LogP contribution is 2.49. The Hall–Kier alpha value is -6.38. The van der Waals surface area contributed by atoms with Crippen LogP contribution in [0.25, 0.3) is 65.3 Å². The van der Waals surface area contributed by atoms with Gasteiger partial charge in [-0.2, -0.15) is 0 Å². The molecule has 11 rings (SSSR count). The molecule has 0 N–H and O–H groups in total. The van der Waals surface area contributed by atoms with Crippen LogP contribution in [0.15, 0.2) is 170 Å². The van der Waals surface area contributed by atoms with Crippen LogP contribution in [0.2, 0.25) is 0 Å². The van der Waals surface area contributed by atoms with Crippen LogP contribution in [-0.2, 0) is 12.8 Å². The normalized spacial score (nSPS) is 14.1. The average Bonchev–Trinajstić information content (AvgIpc) is 3.24. The molecule has 0 aromatic heterocycles. The van der Waals surface area contributed by atoms with Crippen LogP contribution in [0, 0.1) is 0 Å². The van der Waals surface area contributed by atoms with Crippen molar-refractivity contribution in [3.05, 3.63) is 181 Å². The van der Waals surface area contributed by atoms with Crippen molar-refractivity contribution in [1.82, 2.24) is 0 Å². The second-order valence-electron chi connectivity index (χ2n) is 15.1. The summed E-state index contributed by atoms with van der Waals surface area (Å²) in [6.07, 6.45) is 4.55. The minimum atomic E-state index is 1.01. The molecule has 2 nitrogen and oxygen atoms in total. The lowest BCUT2D eigenvalue weighted by atomic mass is 9.83. The Morgan fingerprint density at radius 2 is 0.907 bits per heavy atom. The van der Waals surface area contributed by atoms with Crippen molar-refractivity contribution in [1.29, 1.82) is 0 Å². The van der Waals surface area contributed by atoms with Gasteiger partial charge in [0.05, 0.1) is 0 Å². The molecule has 2 heterocycles. The molecule has 2 aliphatic heterocycles. The monoisotopic (exact) mass is 692 g/mol. The molecular formula is C52H40N2. The van der Waals surface area contributed by atoms with Gasteiger partial charge in [0.1, 0.15) is 0 Å². The van der Waals surface area contributed by atoms with Crippen molar-refractivity contribution in [2.45, 2.75) is 25.7 Å². The molecule has 0 aliphatic carbocycles. The van der Waals surface area contributed by atoms with Gasteiger partial charge in [-0.25, -0.2) is 0 Å². The highest BCUT2D eigenvalue weighted by Gasteiger charge is 2.24. The highest BCUT2D eigenvalue weighted by atomic mass is 15.1. The topological polar surface area (TPSA) is 6.48 Å². The van der Waals surface area contributed by atoms with Gasteiger partial charge in [-0.3, -0.25) is 0 Å². The van der Waals surface area contributed by atoms with Crippen LogP contribution >= 0.6 is 0 Å². The smallest absolute Gasteiger partial charge is 0.0443 e. The molecule has 258 valence electrons. The Kier molecular flexibility index (Phi) is 7.30. The summed E-state index contributed by atoms with van der Waals surface area (Å²) in [5.74, 6) is 0. The van der Waals surface area contributed by atoms with E-state index in [9.17, 15) is 0 Å². The van der Waals surface area contributed by atoms with E-state index in [-0.39, 0.29) is 0 Å². The molecule has 0 atom stereocenters. The van der Waals surface area contributed by atoms with Crippen molar-refractivity contribution in [3.63, 3.8) is 0 Å². The fraction of sp³-hybridized carbons (Fsp3) is 0.115. The minimum Gasteiger partial charge on any atom is -0.341 e. The van der Waals surface area contributed by atoms with Crippen LogP contribution < -0.4 is 9.80 Å². The van der Waals surface area contributed by atoms with E-state index in [1.54, 1.807) is 0 Å². The Morgan fingerprint density at radius 3 is 1.61 bits per heavy atom. The van der Waals surface area contributed by atoms with Crippen LogP contribution in [0.1, 0.15) is 24.0 Å². The van der Waals surface area contributed by atoms with Crippen molar-refractivity contribution in [2.24, 2.45) is 0 Å². The lowest BCUT2D eigenvalue weighted by molar-refractivity contribution is 0.767. The fourth-order valence-corrected chi connectivity index (χ4v) is 9.53. The first-order valence-electron chi connectivity index (χ1n) is 19.5. The number of benzene rings is 9. The second kappa shape index (κ2) is 12.6. The number of hydrogen-bond acceptors (Lipinski definition) is 2. The Labute approximate surface area is 316 Å². The maximum atomic E-state index is 2.54. The van der Waals surface area contributed by atoms with Gasteiger partial charge in [-0.05, 0) is 145 Å². The first-order valence-corrected chi connectivity index (χ1v) is 19.5. The van der Waals surface area contributed by atoms with E-state index in [1.165, 1.54) is 99.2 Å². The molecule has 0 bridgehead atoms. The van der Waals surface area contributed by atoms with E-state index < -0.39 is 0 Å². The fourth-order valence-electron chi connectivity index (χ4n) is 9.53. The van der Waals surface area contributed by atoms with E-state index in [0.717, 1.165) is 38.8 Å². The Balaban J connectivity index is 1.26. The van der Waals surface area contributed by atoms with Crippen molar-refractivity contribution < 1.29 is 0 Å². The minimum absolute atomic E-state index is 1.01. The van der Waals surface area contributed by atoms with Gasteiger partial charge in [-0.15, -0.1) is 0 Å². The SMILES string of the molecule is c1ccc2c(c1)CCCN2c1ccc2c(-c3cccc4ccccc34)c3cc(N4CCCc5ccccc54)ccc3c(-c3ccc4ccccc4c3)c2c1. The molecule has 9 aromatic carbocycles. The van der Waals surface area contributed by atoms with Gasteiger partial charge >= 0.3 is 0 Å². The Morgan fingerprint density at radius 1 is 0.352 bits per heavy atom. The molecule has 0 spiro atoms. The summed E-state index contributed by atoms with van der Waals surface area (Å²) in [6, 6.07) is 64.0. The summed E-state index contributed by atoms with van der Waals surface area (Å²) < 4.78 is 0. The van der Waals surface area contributed by atoms with Gasteiger partial charge in [0, 0.05) is 35.8 Å². The summed E-state index contributed by atoms with van der Waals surface area (Å²) in [5.41, 5.74) is 13.2. The molecule has 2 heteroatoms. The lowest BCUT2D eigenvalue weighted by Gasteiger charge is -2.32. The number of para-hydroxylation sites is 2. The number of aryl methyl sites for hydroxylation is 2. The first-order chi connectivity index (χ1) is 26.8. The van der Waals surface area contributed by atoms with Gasteiger partial charge in [-0.1, -0.05) is 127 Å². The molecule has 2 aliphatic rings. The van der Waals surface area contributed by atoms with Crippen molar-refractivity contribution in [3.8, 4) is 22.3 Å². The van der Waals surface area contributed by atoms with E-state index in [0.29, 0.717) is 0 Å². The van der Waals surface area contributed by atoms with Gasteiger partial charge < -0.3 is 9.80 Å². The number of hydrogen-bond donors (Lipinski definition) is 0. The largest absolute Gasteiger partial charge is 0.341 e. The van der Waals surface area contributed by atoms with E-state index in [4.69, 9.17) is 0 Å². The van der Waals surface area contributed by atoms with Crippen LogP contribution in [0.3, 0.4) is 0 Å². The summed E-state index contributed by atoms with van der Waals surface area (Å²) in [4.78, 5) is 5.09. The van der Waals surface area contributed by atoms with Crippen molar-refractivity contribution in [2.75, 3.05) is 22.9 Å². The highest BCUT2D eigenvalue weighted by molar-refractivity contribution is 6.24. The quantitative estimate of drug-likeness (QED) is 0.169. The predicted octanol–water partition coefficient (Wildman–Crippen LogP) is 13.8. The molecule has 0 saturated heterocycles. The number of rotatable bonds is 4. The van der Waals surface area contributed by atoms with Crippen molar-refractivity contribution >= 4 is 65.8 Å². The number of fused-ring (bicyclic) bond motifs is 6. The maximum Gasteiger partial charge on any atom is 0.0443 e. The average molecular weight is 693 g/mol. The molecule has 9 aromatic rings. The zero-order valence-electron chi connectivity index (χ0n) is 30.3. The van der Waals surface area contributed by atoms with Crippen LogP contribution in [-0.4, -0.2) is 13.1 Å². The molecule has 0 saturated carbocycles. The Bertz CT molecular complexity index is 2910. The summed E-state index contributed by atoms with van der Waals surface area (Å²) in [6.45, 7) is 2.02. The van der Waals surface area contributed by atoms with Gasteiger partial charge in [0.25, 0.3) is 0 Å². The van der Waals surface area contributed by atoms with E-state index in [1.807, 2.05) is 0 Å². The first kappa shape index (κ1) is 31.2. The number of anilines is 4. The van der Waals surface area contributed by atoms with E-state index >= 15 is 0 Å². The molecule has 54 heavy (non-hydrogen) atoms. The number of nitrogens with zero attached hydrogens (tertiary/aromatic N) is 2. The molecule has 0 radical (unpaired) electrons. The molecular weight excluding hydrogens is 653 g/mol. The predicted molar refractivity (Wildman–Crippen MR) is 231 cm³/mol. The van der Waals surface area contributed by atoms with Gasteiger partial charge in [0.2, 0.25) is 0 Å². The zero-order valence-corrected chi connectivity index (χ0v) is 30.3. The van der Waals surface area contributed by atoms with Crippen LogP contribution in [0.4, 0.5) is 22.7 Å². The van der Waals surface area contributed by atoms with Gasteiger partial charge in [0.15, 0.2) is 0 Å². The zero-order chi connectivity index (χ0) is 35.6. The summed E-state index contributed by atoms with van der Waals surface area (Å²) >= 11 is 0. The third kappa shape index (κ3) is 5.01. The molecule has 0 fully saturated rings. The summed E-state index contributed by atoms with van der Waals surface area (Å²) in [5, 5.41) is 10.2. The third-order valence-electron chi connectivity index (χ3n) is 12.0. The summed E-state index contributed by atoms with van der Waals surface area (Å²) in [7, 11) is 0. The van der Waals surface area contributed by atoms with Crippen LogP contribution in [0.5, 0.6) is 0 Å². The molecule has 0 unspecified atom stereocenters. The maximum absolute atomic E-state index is 2.54. The standard InChI is InChI=1S/C52H40N2/c1-2-16-39-32-40(25-24-35(39)12-1)51-45-28-26-42(54-31-11-19-38-15-5-8-23-50(38)54)34-48(45)52(44-21-9-17-36-13-3-6-20-43(36)44)46-29-27-41(33-47(46)51)53-30-10-18-37-14-4-7-22-49(37)53/h1-9,12-17,20-29,32-34H,10-11,18-19,30-31H2. The second-order valence-corrected chi connectivity index (χ2v) is 15.1. The molecule has 0 amide bonds.